The Labute approximate surface area is 170 Å². The Hall–Kier alpha value is -2.29. The Kier molecular flexibility index (Phi) is 10.2. The van der Waals surface area contributed by atoms with Gasteiger partial charge in [0, 0.05) is 11.1 Å². The Morgan fingerprint density at radius 1 is 0.750 bits per heavy atom. The van der Waals surface area contributed by atoms with Crippen LogP contribution in [0.2, 0.25) is 0 Å². The van der Waals surface area contributed by atoms with Crippen LogP contribution in [0, 0.1) is 0 Å². The van der Waals surface area contributed by atoms with Gasteiger partial charge >= 0.3 is 0 Å². The molecular weight excluding hydrogens is 346 g/mol. The summed E-state index contributed by atoms with van der Waals surface area (Å²) >= 11 is 0. The molecule has 2 rings (SSSR count). The van der Waals surface area contributed by atoms with Gasteiger partial charge in [-0.1, -0.05) is 112 Å². The summed E-state index contributed by atoms with van der Waals surface area (Å²) in [6.07, 6.45) is 13.9. The van der Waals surface area contributed by atoms with Crippen molar-refractivity contribution in [1.29, 1.82) is 0 Å². The minimum absolute atomic E-state index is 0.232. The Morgan fingerprint density at radius 2 is 1.36 bits per heavy atom. The highest BCUT2D eigenvalue weighted by Crippen LogP contribution is 2.27. The lowest BCUT2D eigenvalue weighted by Crippen LogP contribution is -2.05. The van der Waals surface area contributed by atoms with Crippen molar-refractivity contribution < 1.29 is 10.3 Å². The van der Waals surface area contributed by atoms with Crippen LogP contribution in [0.5, 0.6) is 5.75 Å². The number of hydrogen-bond acceptors (Lipinski definition) is 3. The van der Waals surface area contributed by atoms with E-state index < -0.39 is 0 Å². The van der Waals surface area contributed by atoms with Gasteiger partial charge in [0.25, 0.3) is 0 Å². The molecule has 0 bridgehead atoms. The molecule has 2 aromatic carbocycles. The molecule has 0 saturated heterocycles. The number of rotatable bonds is 13. The van der Waals surface area contributed by atoms with E-state index in [2.05, 4.69) is 12.1 Å². The number of aryl methyl sites for hydroxylation is 1. The number of oxime groups is 1. The first-order valence-electron chi connectivity index (χ1n) is 10.9. The molecule has 0 saturated carbocycles. The van der Waals surface area contributed by atoms with Crippen molar-refractivity contribution in [3.63, 3.8) is 0 Å². The quantitative estimate of drug-likeness (QED) is 0.168. The van der Waals surface area contributed by atoms with Crippen LogP contribution in [0.1, 0.15) is 87.8 Å². The van der Waals surface area contributed by atoms with Gasteiger partial charge < -0.3 is 10.3 Å². The summed E-state index contributed by atoms with van der Waals surface area (Å²) in [6.45, 7) is 2.26. The topological polar surface area (TPSA) is 52.8 Å². The molecular formula is C25H35NO2. The van der Waals surface area contributed by atoms with E-state index in [4.69, 9.17) is 0 Å². The van der Waals surface area contributed by atoms with Crippen molar-refractivity contribution in [2.75, 3.05) is 0 Å². The van der Waals surface area contributed by atoms with Gasteiger partial charge in [-0.3, -0.25) is 0 Å². The van der Waals surface area contributed by atoms with E-state index in [-0.39, 0.29) is 5.75 Å². The van der Waals surface area contributed by atoms with E-state index in [0.29, 0.717) is 11.3 Å². The first-order valence-corrected chi connectivity index (χ1v) is 10.9. The molecule has 28 heavy (non-hydrogen) atoms. The second-order valence-corrected chi connectivity index (χ2v) is 7.56. The standard InChI is InChI=1S/C25H35NO2/c1-2-3-4-5-6-7-8-9-10-12-18-22-19-15-20-23(25(22)27)24(26-28)21-16-13-11-14-17-21/h11,13-17,19-20,27-28H,2-10,12,18H2,1H3. The van der Waals surface area contributed by atoms with Gasteiger partial charge in [0.05, 0.1) is 0 Å². The van der Waals surface area contributed by atoms with Crippen molar-refractivity contribution in [3.8, 4) is 5.75 Å². The fourth-order valence-electron chi connectivity index (χ4n) is 3.65. The summed E-state index contributed by atoms with van der Waals surface area (Å²) in [7, 11) is 0. The van der Waals surface area contributed by atoms with Gasteiger partial charge in [-0.2, -0.15) is 0 Å². The fraction of sp³-hybridized carbons (Fsp3) is 0.480. The Bertz CT molecular complexity index is 710. The summed E-state index contributed by atoms with van der Waals surface area (Å²) in [5, 5.41) is 23.6. The summed E-state index contributed by atoms with van der Waals surface area (Å²) < 4.78 is 0. The molecule has 0 heterocycles. The molecule has 2 aromatic rings. The third-order valence-electron chi connectivity index (χ3n) is 5.32. The molecule has 0 aliphatic carbocycles. The predicted molar refractivity (Wildman–Crippen MR) is 118 cm³/mol. The lowest BCUT2D eigenvalue weighted by molar-refractivity contribution is 0.319. The van der Waals surface area contributed by atoms with E-state index in [0.717, 1.165) is 24.0 Å². The maximum atomic E-state index is 10.7. The van der Waals surface area contributed by atoms with Crippen LogP contribution >= 0.6 is 0 Å². The SMILES string of the molecule is CCCCCCCCCCCCc1cccc(C(=NO)c2ccccc2)c1O. The van der Waals surface area contributed by atoms with Crippen LogP contribution in [0.25, 0.3) is 0 Å². The number of para-hydroxylation sites is 1. The summed E-state index contributed by atoms with van der Waals surface area (Å²) in [5.74, 6) is 0.232. The average Bonchev–Trinajstić information content (AvgIpc) is 2.73. The molecule has 0 aliphatic rings. The first-order chi connectivity index (χ1) is 13.8. The summed E-state index contributed by atoms with van der Waals surface area (Å²) in [4.78, 5) is 0. The molecule has 0 radical (unpaired) electrons. The van der Waals surface area contributed by atoms with Crippen molar-refractivity contribution in [1.82, 2.24) is 0 Å². The minimum Gasteiger partial charge on any atom is -0.507 e. The van der Waals surface area contributed by atoms with Crippen LogP contribution in [-0.2, 0) is 6.42 Å². The number of hydrogen-bond donors (Lipinski definition) is 2. The zero-order valence-electron chi connectivity index (χ0n) is 17.2. The lowest BCUT2D eigenvalue weighted by atomic mass is 9.96. The zero-order chi connectivity index (χ0) is 20.0. The maximum absolute atomic E-state index is 10.7. The second-order valence-electron chi connectivity index (χ2n) is 7.56. The van der Waals surface area contributed by atoms with Gasteiger partial charge in [0.15, 0.2) is 0 Å². The lowest BCUT2D eigenvalue weighted by Gasteiger charge is -2.11. The van der Waals surface area contributed by atoms with Crippen LogP contribution in [0.15, 0.2) is 53.7 Å². The molecule has 0 spiro atoms. The highest BCUT2D eigenvalue weighted by atomic mass is 16.4. The third kappa shape index (κ3) is 7.03. The van der Waals surface area contributed by atoms with E-state index in [9.17, 15) is 10.3 Å². The van der Waals surface area contributed by atoms with E-state index in [1.807, 2.05) is 42.5 Å². The van der Waals surface area contributed by atoms with Crippen LogP contribution < -0.4 is 0 Å². The van der Waals surface area contributed by atoms with Crippen molar-refractivity contribution in [2.45, 2.75) is 77.6 Å². The molecule has 0 aromatic heterocycles. The largest absolute Gasteiger partial charge is 0.507 e. The molecule has 0 amide bonds. The van der Waals surface area contributed by atoms with Gasteiger partial charge in [-0.05, 0) is 24.5 Å². The molecule has 0 fully saturated rings. The number of unbranched alkanes of at least 4 members (excludes halogenated alkanes) is 9. The monoisotopic (exact) mass is 381 g/mol. The smallest absolute Gasteiger partial charge is 0.128 e. The van der Waals surface area contributed by atoms with Crippen molar-refractivity contribution in [3.05, 3.63) is 65.2 Å². The molecule has 152 valence electrons. The normalized spacial score (nSPS) is 11.7. The number of phenolic OH excluding ortho intramolecular Hbond substituents is 1. The van der Waals surface area contributed by atoms with E-state index in [1.54, 1.807) is 6.07 Å². The molecule has 3 heteroatoms. The van der Waals surface area contributed by atoms with Gasteiger partial charge in [-0.25, -0.2) is 0 Å². The number of nitrogens with zero attached hydrogens (tertiary/aromatic N) is 1. The highest BCUT2D eigenvalue weighted by Gasteiger charge is 2.14. The Morgan fingerprint density at radius 3 is 1.96 bits per heavy atom. The van der Waals surface area contributed by atoms with Gasteiger partial charge in [0.1, 0.15) is 11.5 Å². The van der Waals surface area contributed by atoms with E-state index in [1.165, 1.54) is 57.8 Å². The van der Waals surface area contributed by atoms with Crippen LogP contribution in [-0.4, -0.2) is 16.0 Å². The number of aromatic hydroxyl groups is 1. The predicted octanol–water partition coefficient (Wildman–Crippen LogP) is 7.08. The molecule has 0 atom stereocenters. The first kappa shape index (κ1) is 22.0. The van der Waals surface area contributed by atoms with Gasteiger partial charge in [0.2, 0.25) is 0 Å². The Balaban J connectivity index is 1.80. The zero-order valence-corrected chi connectivity index (χ0v) is 17.2. The molecule has 0 unspecified atom stereocenters. The number of benzene rings is 2. The van der Waals surface area contributed by atoms with Crippen molar-refractivity contribution >= 4 is 5.71 Å². The van der Waals surface area contributed by atoms with E-state index >= 15 is 0 Å². The van der Waals surface area contributed by atoms with Crippen LogP contribution in [0.4, 0.5) is 0 Å². The average molecular weight is 382 g/mol. The molecule has 3 nitrogen and oxygen atoms in total. The second kappa shape index (κ2) is 13.0. The fourth-order valence-corrected chi connectivity index (χ4v) is 3.65. The minimum atomic E-state index is 0.232. The highest BCUT2D eigenvalue weighted by molar-refractivity contribution is 6.14. The van der Waals surface area contributed by atoms with Crippen LogP contribution in [0.3, 0.4) is 0 Å². The van der Waals surface area contributed by atoms with Gasteiger partial charge in [-0.15, -0.1) is 0 Å². The third-order valence-corrected chi connectivity index (χ3v) is 5.32. The summed E-state index contributed by atoms with van der Waals surface area (Å²) in [5.41, 5.74) is 2.70. The number of phenols is 1. The van der Waals surface area contributed by atoms with Crippen molar-refractivity contribution in [2.24, 2.45) is 5.16 Å². The maximum Gasteiger partial charge on any atom is 0.128 e. The molecule has 2 N–H and O–H groups in total. The summed E-state index contributed by atoms with van der Waals surface area (Å²) in [6, 6.07) is 15.2. The molecule has 0 aliphatic heterocycles.